The van der Waals surface area contributed by atoms with Gasteiger partial charge in [-0.25, -0.2) is 0 Å². The molecule has 3 nitrogen and oxygen atoms in total. The first kappa shape index (κ1) is 8.63. The maximum Gasteiger partial charge on any atom is 0.172 e. The standard InChI is InChI=1S/C10H12O3/c1-9-3-4-10(2,6(11)5-9)8(13)7(9)12/h3-4,8,13H,5H2,1-2H3/t8-,9+,10-/m1/s1. The zero-order valence-corrected chi connectivity index (χ0v) is 7.70. The quantitative estimate of drug-likeness (QED) is 0.551. The number of aliphatic hydroxyl groups is 1. The second-order valence-electron chi connectivity index (χ2n) is 4.40. The minimum atomic E-state index is -1.15. The Morgan fingerprint density at radius 1 is 1.38 bits per heavy atom. The zero-order chi connectivity index (χ0) is 9.85. The average Bonchev–Trinajstić information content (AvgIpc) is 2.07. The van der Waals surface area contributed by atoms with Crippen molar-refractivity contribution in [1.29, 1.82) is 0 Å². The molecular formula is C10H12O3. The zero-order valence-electron chi connectivity index (χ0n) is 7.70. The summed E-state index contributed by atoms with van der Waals surface area (Å²) >= 11 is 0. The number of fused-ring (bicyclic) bond motifs is 2. The number of hydrogen-bond donors (Lipinski definition) is 1. The van der Waals surface area contributed by atoms with Crippen LogP contribution >= 0.6 is 0 Å². The van der Waals surface area contributed by atoms with E-state index in [4.69, 9.17) is 0 Å². The molecule has 0 spiro atoms. The van der Waals surface area contributed by atoms with E-state index in [0.717, 1.165) is 0 Å². The lowest BCUT2D eigenvalue weighted by molar-refractivity contribution is -0.157. The summed E-state index contributed by atoms with van der Waals surface area (Å²) in [7, 11) is 0. The fraction of sp³-hybridized carbons (Fsp3) is 0.600. The molecule has 2 bridgehead atoms. The van der Waals surface area contributed by atoms with E-state index in [9.17, 15) is 14.7 Å². The monoisotopic (exact) mass is 180 g/mol. The van der Waals surface area contributed by atoms with Crippen molar-refractivity contribution in [2.75, 3.05) is 0 Å². The normalized spacial score (nSPS) is 48.7. The van der Waals surface area contributed by atoms with Gasteiger partial charge in [0.2, 0.25) is 0 Å². The molecule has 0 aromatic rings. The van der Waals surface area contributed by atoms with Crippen LogP contribution in [0.25, 0.3) is 0 Å². The van der Waals surface area contributed by atoms with Crippen molar-refractivity contribution in [3.8, 4) is 0 Å². The average molecular weight is 180 g/mol. The number of ketones is 2. The topological polar surface area (TPSA) is 54.4 Å². The van der Waals surface area contributed by atoms with Crippen LogP contribution in [0, 0.1) is 10.8 Å². The Labute approximate surface area is 76.4 Å². The van der Waals surface area contributed by atoms with Crippen molar-refractivity contribution in [3.63, 3.8) is 0 Å². The van der Waals surface area contributed by atoms with Gasteiger partial charge < -0.3 is 5.11 Å². The second-order valence-corrected chi connectivity index (χ2v) is 4.40. The first-order valence-electron chi connectivity index (χ1n) is 4.36. The SMILES string of the molecule is C[C@]12C=C[C@](C)(C(=O)C1)[C@H](O)C2=O. The number of carbonyl (C=O) groups is 2. The highest BCUT2D eigenvalue weighted by atomic mass is 16.3. The molecule has 70 valence electrons. The van der Waals surface area contributed by atoms with Crippen molar-refractivity contribution < 1.29 is 14.7 Å². The maximum atomic E-state index is 11.6. The van der Waals surface area contributed by atoms with Crippen molar-refractivity contribution in [3.05, 3.63) is 12.2 Å². The summed E-state index contributed by atoms with van der Waals surface area (Å²) in [6.45, 7) is 3.32. The molecule has 0 heterocycles. The lowest BCUT2D eigenvalue weighted by Crippen LogP contribution is -2.58. The Morgan fingerprint density at radius 3 is 2.54 bits per heavy atom. The summed E-state index contributed by atoms with van der Waals surface area (Å²) in [6, 6.07) is 0. The Kier molecular flexibility index (Phi) is 1.39. The van der Waals surface area contributed by atoms with Gasteiger partial charge in [0.15, 0.2) is 5.78 Å². The van der Waals surface area contributed by atoms with E-state index < -0.39 is 16.9 Å². The molecule has 0 aromatic carbocycles. The Balaban J connectivity index is 2.60. The fourth-order valence-electron chi connectivity index (χ4n) is 2.03. The summed E-state index contributed by atoms with van der Waals surface area (Å²) in [5.74, 6) is -0.262. The molecule has 3 aliphatic carbocycles. The molecule has 1 fully saturated rings. The Bertz CT molecular complexity index is 331. The Hall–Kier alpha value is -0.960. The number of carbonyl (C=O) groups excluding carboxylic acids is 2. The first-order chi connectivity index (χ1) is 5.90. The van der Waals surface area contributed by atoms with Gasteiger partial charge in [0.05, 0.1) is 10.8 Å². The van der Waals surface area contributed by atoms with Gasteiger partial charge in [-0.2, -0.15) is 0 Å². The largest absolute Gasteiger partial charge is 0.384 e. The van der Waals surface area contributed by atoms with E-state index in [2.05, 4.69) is 0 Å². The van der Waals surface area contributed by atoms with Crippen LogP contribution in [0.1, 0.15) is 20.3 Å². The highest BCUT2D eigenvalue weighted by Gasteiger charge is 2.57. The van der Waals surface area contributed by atoms with Crippen molar-refractivity contribution in [2.24, 2.45) is 10.8 Å². The van der Waals surface area contributed by atoms with Crippen LogP contribution in [-0.4, -0.2) is 22.8 Å². The van der Waals surface area contributed by atoms with Gasteiger partial charge in [-0.15, -0.1) is 0 Å². The van der Waals surface area contributed by atoms with Gasteiger partial charge in [0.1, 0.15) is 11.9 Å². The van der Waals surface area contributed by atoms with Crippen molar-refractivity contribution in [1.82, 2.24) is 0 Å². The van der Waals surface area contributed by atoms with Crippen molar-refractivity contribution >= 4 is 11.6 Å². The third kappa shape index (κ3) is 0.826. The van der Waals surface area contributed by atoms with Crippen LogP contribution < -0.4 is 0 Å². The van der Waals surface area contributed by atoms with Crippen LogP contribution in [0.3, 0.4) is 0 Å². The van der Waals surface area contributed by atoms with Crippen molar-refractivity contribution in [2.45, 2.75) is 26.4 Å². The molecule has 0 unspecified atom stereocenters. The van der Waals surface area contributed by atoms with E-state index in [1.54, 1.807) is 26.0 Å². The second kappa shape index (κ2) is 2.10. The van der Waals surface area contributed by atoms with Gasteiger partial charge in [-0.05, 0) is 13.8 Å². The molecule has 3 atom stereocenters. The molecule has 3 rings (SSSR count). The highest BCUT2D eigenvalue weighted by molar-refractivity contribution is 6.07. The van der Waals surface area contributed by atoms with Crippen LogP contribution in [0.15, 0.2) is 12.2 Å². The summed E-state index contributed by atoms with van der Waals surface area (Å²) < 4.78 is 0. The lowest BCUT2D eigenvalue weighted by Gasteiger charge is -2.45. The number of hydrogen-bond acceptors (Lipinski definition) is 3. The molecule has 3 heteroatoms. The molecule has 0 saturated heterocycles. The van der Waals surface area contributed by atoms with Crippen LogP contribution in [-0.2, 0) is 9.59 Å². The van der Waals surface area contributed by atoms with Crippen LogP contribution in [0.5, 0.6) is 0 Å². The van der Waals surface area contributed by atoms with Crippen LogP contribution in [0.4, 0.5) is 0 Å². The fourth-order valence-corrected chi connectivity index (χ4v) is 2.03. The van der Waals surface area contributed by atoms with Gasteiger partial charge >= 0.3 is 0 Å². The smallest absolute Gasteiger partial charge is 0.172 e. The summed E-state index contributed by atoms with van der Waals surface area (Å²) in [5.41, 5.74) is -1.72. The molecule has 13 heavy (non-hydrogen) atoms. The van der Waals surface area contributed by atoms with Gasteiger partial charge in [-0.1, -0.05) is 12.2 Å². The molecule has 0 amide bonds. The van der Waals surface area contributed by atoms with Gasteiger partial charge in [0, 0.05) is 6.42 Å². The predicted molar refractivity (Wildman–Crippen MR) is 46.0 cm³/mol. The summed E-state index contributed by atoms with van der Waals surface area (Å²) in [4.78, 5) is 23.2. The van der Waals surface area contributed by atoms with E-state index in [-0.39, 0.29) is 18.0 Å². The molecule has 0 aromatic heterocycles. The lowest BCUT2D eigenvalue weighted by atomic mass is 9.57. The third-order valence-electron chi connectivity index (χ3n) is 3.31. The van der Waals surface area contributed by atoms with Gasteiger partial charge in [-0.3, -0.25) is 9.59 Å². The predicted octanol–water partition coefficient (Wildman–Crippen LogP) is 0.472. The molecular weight excluding hydrogens is 168 g/mol. The van der Waals surface area contributed by atoms with E-state index >= 15 is 0 Å². The molecule has 3 aliphatic rings. The first-order valence-corrected chi connectivity index (χ1v) is 4.36. The van der Waals surface area contributed by atoms with E-state index in [1.807, 2.05) is 0 Å². The number of aliphatic hydroxyl groups excluding tert-OH is 1. The van der Waals surface area contributed by atoms with Gasteiger partial charge in [0.25, 0.3) is 0 Å². The molecule has 0 aliphatic heterocycles. The molecule has 1 saturated carbocycles. The number of Topliss-reactive ketones (excluding diaryl/α,β-unsaturated/α-hetero) is 2. The molecule has 1 N–H and O–H groups in total. The van der Waals surface area contributed by atoms with Crippen LogP contribution in [0.2, 0.25) is 0 Å². The summed E-state index contributed by atoms with van der Waals surface area (Å²) in [6.07, 6.45) is 2.51. The number of rotatable bonds is 0. The third-order valence-corrected chi connectivity index (χ3v) is 3.31. The minimum absolute atomic E-state index is 0.0374. The maximum absolute atomic E-state index is 11.6. The number of allylic oxidation sites excluding steroid dienone is 1. The van der Waals surface area contributed by atoms with E-state index in [1.165, 1.54) is 0 Å². The van der Waals surface area contributed by atoms with E-state index in [0.29, 0.717) is 0 Å². The Morgan fingerprint density at radius 2 is 2.00 bits per heavy atom. The summed E-state index contributed by atoms with van der Waals surface area (Å²) in [5, 5.41) is 9.64. The highest BCUT2D eigenvalue weighted by Crippen LogP contribution is 2.47. The molecule has 0 radical (unpaired) electrons. The minimum Gasteiger partial charge on any atom is -0.384 e.